The molecule has 0 heterocycles. The lowest BCUT2D eigenvalue weighted by Gasteiger charge is -2.16. The molecule has 3 nitrogen and oxygen atoms in total. The fourth-order valence-corrected chi connectivity index (χ4v) is 2.80. The van der Waals surface area contributed by atoms with Gasteiger partial charge >= 0.3 is 0 Å². The van der Waals surface area contributed by atoms with E-state index >= 15 is 0 Å². The van der Waals surface area contributed by atoms with Gasteiger partial charge in [-0.3, -0.25) is 4.79 Å². The summed E-state index contributed by atoms with van der Waals surface area (Å²) in [6.07, 6.45) is 0. The molecule has 0 unspecified atom stereocenters. The topological polar surface area (TPSA) is 32.3 Å². The molecule has 2 aromatic carbocycles. The molecule has 0 aromatic heterocycles. The average Bonchev–Trinajstić information content (AvgIpc) is 2.50. The lowest BCUT2D eigenvalue weighted by Crippen LogP contribution is -2.33. The Balaban J connectivity index is 0.00000220. The van der Waals surface area contributed by atoms with Crippen molar-refractivity contribution in [3.63, 3.8) is 0 Å². The summed E-state index contributed by atoms with van der Waals surface area (Å²) < 4.78 is 0. The Morgan fingerprint density at radius 3 is 2.62 bits per heavy atom. The summed E-state index contributed by atoms with van der Waals surface area (Å²) in [5.74, 6) is 0.650. The van der Waals surface area contributed by atoms with Crippen molar-refractivity contribution in [1.29, 1.82) is 0 Å². The molecule has 114 valence electrons. The molecule has 5 heteroatoms. The van der Waals surface area contributed by atoms with Crippen LogP contribution in [0.3, 0.4) is 0 Å². The summed E-state index contributed by atoms with van der Waals surface area (Å²) in [6.45, 7) is 1.57. The number of rotatable bonds is 6. The van der Waals surface area contributed by atoms with Crippen LogP contribution in [0.25, 0.3) is 10.8 Å². The third-order valence-corrected chi connectivity index (χ3v) is 4.18. The predicted octanol–water partition coefficient (Wildman–Crippen LogP) is 3.03. The van der Waals surface area contributed by atoms with Gasteiger partial charge in [0, 0.05) is 25.0 Å². The normalized spacial score (nSPS) is 10.2. The number of hydrogen-bond donors (Lipinski definition) is 1. The van der Waals surface area contributed by atoms with Crippen molar-refractivity contribution in [3.8, 4) is 0 Å². The molecule has 1 N–H and O–H groups in total. The maximum Gasteiger partial charge on any atom is 0.232 e. The van der Waals surface area contributed by atoms with Crippen LogP contribution >= 0.6 is 24.2 Å². The van der Waals surface area contributed by atoms with Crippen LogP contribution in [0.5, 0.6) is 0 Å². The summed E-state index contributed by atoms with van der Waals surface area (Å²) in [5.41, 5.74) is 0. The molecule has 0 aliphatic carbocycles. The fourth-order valence-electron chi connectivity index (χ4n) is 1.92. The van der Waals surface area contributed by atoms with Crippen LogP contribution < -0.4 is 5.32 Å². The number of carbonyl (C=O) groups excluding carboxylic acids is 1. The number of nitrogens with one attached hydrogen (secondary N) is 1. The van der Waals surface area contributed by atoms with Crippen LogP contribution in [-0.4, -0.2) is 43.7 Å². The first-order valence-electron chi connectivity index (χ1n) is 6.71. The van der Waals surface area contributed by atoms with Crippen LogP contribution in [0.4, 0.5) is 0 Å². The third kappa shape index (κ3) is 5.23. The van der Waals surface area contributed by atoms with Crippen LogP contribution in [0.1, 0.15) is 0 Å². The maximum atomic E-state index is 12.0. The second kappa shape index (κ2) is 8.93. The van der Waals surface area contributed by atoms with Crippen LogP contribution in [-0.2, 0) is 4.79 Å². The minimum absolute atomic E-state index is 0. The molecule has 0 spiro atoms. The van der Waals surface area contributed by atoms with Gasteiger partial charge in [-0.15, -0.1) is 24.2 Å². The highest BCUT2D eigenvalue weighted by atomic mass is 35.5. The van der Waals surface area contributed by atoms with E-state index in [0.29, 0.717) is 5.75 Å². The molecular weight excluding hydrogens is 304 g/mol. The Hall–Kier alpha value is -1.23. The number of benzene rings is 2. The van der Waals surface area contributed by atoms with Crippen LogP contribution in [0, 0.1) is 0 Å². The number of amides is 1. The summed E-state index contributed by atoms with van der Waals surface area (Å²) in [5, 5.41) is 5.49. The van der Waals surface area contributed by atoms with E-state index in [0.717, 1.165) is 18.0 Å². The van der Waals surface area contributed by atoms with Crippen LogP contribution in [0.15, 0.2) is 47.4 Å². The fraction of sp³-hybridized carbons (Fsp3) is 0.312. The van der Waals surface area contributed by atoms with Crippen LogP contribution in [0.2, 0.25) is 0 Å². The number of halogens is 1. The highest BCUT2D eigenvalue weighted by Gasteiger charge is 2.08. The number of fused-ring (bicyclic) bond motifs is 1. The molecule has 0 saturated carbocycles. The first-order valence-corrected chi connectivity index (χ1v) is 7.69. The number of hydrogen-bond acceptors (Lipinski definition) is 3. The molecule has 0 fully saturated rings. The summed E-state index contributed by atoms with van der Waals surface area (Å²) in [6, 6.07) is 14.6. The van der Waals surface area contributed by atoms with E-state index in [1.165, 1.54) is 10.8 Å². The number of thioether (sulfide) groups is 1. The molecule has 21 heavy (non-hydrogen) atoms. The van der Waals surface area contributed by atoms with Gasteiger partial charge in [0.25, 0.3) is 0 Å². The molecule has 2 aromatic rings. The molecule has 0 radical (unpaired) electrons. The minimum Gasteiger partial charge on any atom is -0.344 e. The van der Waals surface area contributed by atoms with E-state index in [1.54, 1.807) is 16.7 Å². The zero-order chi connectivity index (χ0) is 14.4. The van der Waals surface area contributed by atoms with Gasteiger partial charge in [-0.2, -0.15) is 0 Å². The summed E-state index contributed by atoms with van der Waals surface area (Å²) >= 11 is 1.59. The Bertz CT molecular complexity index is 591. The molecule has 0 atom stereocenters. The average molecular weight is 325 g/mol. The van der Waals surface area contributed by atoms with E-state index < -0.39 is 0 Å². The molecular formula is C16H21ClN2OS. The smallest absolute Gasteiger partial charge is 0.232 e. The molecule has 2 rings (SSSR count). The maximum absolute atomic E-state index is 12.0. The third-order valence-electron chi connectivity index (χ3n) is 3.21. The van der Waals surface area contributed by atoms with Gasteiger partial charge in [-0.25, -0.2) is 0 Å². The van der Waals surface area contributed by atoms with Crippen molar-refractivity contribution in [2.45, 2.75) is 4.90 Å². The van der Waals surface area contributed by atoms with E-state index in [-0.39, 0.29) is 18.3 Å². The first kappa shape index (κ1) is 17.8. The highest BCUT2D eigenvalue weighted by molar-refractivity contribution is 8.00. The molecule has 0 aliphatic rings. The van der Waals surface area contributed by atoms with E-state index in [9.17, 15) is 4.79 Å². The van der Waals surface area contributed by atoms with Gasteiger partial charge < -0.3 is 10.2 Å². The molecule has 1 amide bonds. The van der Waals surface area contributed by atoms with Gasteiger partial charge in [-0.1, -0.05) is 30.3 Å². The minimum atomic E-state index is 0. The van der Waals surface area contributed by atoms with Gasteiger partial charge in [0.1, 0.15) is 0 Å². The van der Waals surface area contributed by atoms with Gasteiger partial charge in [-0.05, 0) is 30.0 Å². The predicted molar refractivity (Wildman–Crippen MR) is 93.5 cm³/mol. The number of carbonyl (C=O) groups is 1. The monoisotopic (exact) mass is 324 g/mol. The van der Waals surface area contributed by atoms with Crippen molar-refractivity contribution in [2.75, 3.05) is 32.9 Å². The lowest BCUT2D eigenvalue weighted by atomic mass is 10.1. The van der Waals surface area contributed by atoms with Gasteiger partial charge in [0.15, 0.2) is 0 Å². The zero-order valence-electron chi connectivity index (χ0n) is 12.3. The Kier molecular flexibility index (Phi) is 7.57. The van der Waals surface area contributed by atoms with Crippen molar-refractivity contribution >= 4 is 40.8 Å². The second-order valence-electron chi connectivity index (χ2n) is 4.72. The Morgan fingerprint density at radius 2 is 1.90 bits per heavy atom. The molecule has 0 saturated heterocycles. The lowest BCUT2D eigenvalue weighted by molar-refractivity contribution is -0.127. The van der Waals surface area contributed by atoms with Crippen molar-refractivity contribution in [1.82, 2.24) is 10.2 Å². The SMILES string of the molecule is CNCCN(C)C(=O)CSc1ccc2ccccc2c1.Cl. The summed E-state index contributed by atoms with van der Waals surface area (Å²) in [4.78, 5) is 14.9. The van der Waals surface area contributed by atoms with Gasteiger partial charge in [0.2, 0.25) is 5.91 Å². The highest BCUT2D eigenvalue weighted by Crippen LogP contribution is 2.23. The first-order chi connectivity index (χ1) is 9.70. The van der Waals surface area contributed by atoms with Gasteiger partial charge in [0.05, 0.1) is 5.75 Å². The quantitative estimate of drug-likeness (QED) is 0.829. The van der Waals surface area contributed by atoms with Crippen molar-refractivity contribution in [2.24, 2.45) is 0 Å². The van der Waals surface area contributed by atoms with E-state index in [1.807, 2.05) is 26.2 Å². The second-order valence-corrected chi connectivity index (χ2v) is 5.77. The Morgan fingerprint density at radius 1 is 1.19 bits per heavy atom. The number of likely N-dealkylation sites (N-methyl/N-ethyl adjacent to an activating group) is 2. The molecule has 0 aliphatic heterocycles. The Labute approximate surface area is 136 Å². The van der Waals surface area contributed by atoms with Crippen molar-refractivity contribution < 1.29 is 4.79 Å². The zero-order valence-corrected chi connectivity index (χ0v) is 14.0. The van der Waals surface area contributed by atoms with E-state index in [2.05, 4.69) is 35.6 Å². The number of nitrogens with zero attached hydrogens (tertiary/aromatic N) is 1. The molecule has 0 bridgehead atoms. The largest absolute Gasteiger partial charge is 0.344 e. The standard InChI is InChI=1S/C16H20N2OS.ClH/c1-17-9-10-18(2)16(19)12-20-15-8-7-13-5-3-4-6-14(13)11-15;/h3-8,11,17H,9-10,12H2,1-2H3;1H. The van der Waals surface area contributed by atoms with E-state index in [4.69, 9.17) is 0 Å². The summed E-state index contributed by atoms with van der Waals surface area (Å²) in [7, 11) is 3.74. The van der Waals surface area contributed by atoms with Crippen molar-refractivity contribution in [3.05, 3.63) is 42.5 Å².